The number of aliphatic hydroxyl groups is 1. The maximum atomic E-state index is 14.2. The van der Waals surface area contributed by atoms with E-state index in [1.807, 2.05) is 101 Å². The molecule has 1 saturated heterocycles. The van der Waals surface area contributed by atoms with Crippen molar-refractivity contribution in [2.24, 2.45) is 5.41 Å². The second kappa shape index (κ2) is 21.7. The largest absolute Gasteiger partial charge is 0.391 e. The van der Waals surface area contributed by atoms with Crippen LogP contribution in [-0.2, 0) is 32.9 Å². The smallest absolute Gasteiger partial charge is 0.319 e. The van der Waals surface area contributed by atoms with Gasteiger partial charge in [0.15, 0.2) is 5.78 Å². The number of rotatable bonds is 17. The van der Waals surface area contributed by atoms with Crippen molar-refractivity contribution in [3.05, 3.63) is 129 Å². The number of aliphatic hydroxyl groups excluding tert-OH is 1. The number of hydrogen-bond acceptors (Lipinski definition) is 11. The van der Waals surface area contributed by atoms with Crippen LogP contribution in [0, 0.1) is 12.3 Å². The van der Waals surface area contributed by atoms with Crippen molar-refractivity contribution in [3.63, 3.8) is 0 Å². The molecule has 71 heavy (non-hydrogen) atoms. The zero-order chi connectivity index (χ0) is 51.4. The Hall–Kier alpha value is -6.76. The number of Topliss-reactive ketones (excluding diaryl/α,β-unsaturated/α-hetero) is 1. The van der Waals surface area contributed by atoms with Crippen LogP contribution in [0.4, 0.5) is 4.79 Å². The van der Waals surface area contributed by atoms with Gasteiger partial charge in [0, 0.05) is 54.9 Å². The number of aromatic nitrogens is 3. The van der Waals surface area contributed by atoms with E-state index < -0.39 is 52.8 Å². The van der Waals surface area contributed by atoms with E-state index in [4.69, 9.17) is 0 Å². The first kappa shape index (κ1) is 52.1. The highest BCUT2D eigenvalue weighted by molar-refractivity contribution is 7.13. The van der Waals surface area contributed by atoms with Crippen molar-refractivity contribution in [3.8, 4) is 10.4 Å². The number of benzene rings is 3. The van der Waals surface area contributed by atoms with Gasteiger partial charge in [-0.05, 0) is 76.0 Å². The third kappa shape index (κ3) is 12.1. The highest BCUT2D eigenvalue weighted by Gasteiger charge is 2.46. The number of aromatic amines is 1. The number of hydrogen-bond donors (Lipinski definition) is 6. The van der Waals surface area contributed by atoms with Gasteiger partial charge < -0.3 is 41.1 Å². The van der Waals surface area contributed by atoms with Crippen LogP contribution < -0.4 is 21.3 Å². The molecular formula is C53H66N10O7S. The highest BCUT2D eigenvalue weighted by Crippen LogP contribution is 2.39. The Balaban J connectivity index is 0.895. The summed E-state index contributed by atoms with van der Waals surface area (Å²) in [5.74, 6) is -2.03. The molecule has 1 fully saturated rings. The quantitative estimate of drug-likeness (QED) is 0.0613. The molecule has 4 heterocycles. The number of carbonyl (C=O) groups excluding carboxylic acids is 6. The SMILES string of the molecule is Cc1ncsc1-c1ccc([C@H](C)NC(=O)[C@@H]2C[C@@H](O)CN2C(=O)[C@@H](NC(=O)CCNC(=O)c2ccc(C(=O)Cc3[nH]nc4c3CN(C(=O)N[C@H](CN(C)C)c3ccccc3)C4(C)C)cc2)C(C)(C)C)cc1. The van der Waals surface area contributed by atoms with Crippen LogP contribution in [0.15, 0.2) is 84.4 Å². The Bertz CT molecular complexity index is 2730. The van der Waals surface area contributed by atoms with Crippen molar-refractivity contribution in [2.75, 3.05) is 33.7 Å². The fraction of sp³-hybridized carbons (Fsp3) is 0.434. The lowest BCUT2D eigenvalue weighted by Gasteiger charge is -2.35. The molecule has 0 aliphatic carbocycles. The average Bonchev–Trinajstić information content (AvgIpc) is 4.11. The van der Waals surface area contributed by atoms with Gasteiger partial charge in [0.1, 0.15) is 12.1 Å². The van der Waals surface area contributed by atoms with E-state index in [-0.39, 0.29) is 68.4 Å². The van der Waals surface area contributed by atoms with Crippen molar-refractivity contribution in [1.29, 1.82) is 0 Å². The van der Waals surface area contributed by atoms with Gasteiger partial charge in [-0.3, -0.25) is 29.1 Å². The van der Waals surface area contributed by atoms with Crippen LogP contribution in [0.25, 0.3) is 10.4 Å². The molecule has 0 unspecified atom stereocenters. The van der Waals surface area contributed by atoms with E-state index >= 15 is 0 Å². The Morgan fingerprint density at radius 1 is 0.915 bits per heavy atom. The third-order valence-corrected chi connectivity index (χ3v) is 14.3. The first-order valence-electron chi connectivity index (χ1n) is 24.0. The molecule has 2 aliphatic heterocycles. The number of nitrogens with zero attached hydrogens (tertiary/aromatic N) is 5. The lowest BCUT2D eigenvalue weighted by Crippen LogP contribution is -2.58. The number of nitrogens with one attached hydrogen (secondary N) is 5. The molecule has 3 aromatic carbocycles. The normalized spacial score (nSPS) is 17.6. The Morgan fingerprint density at radius 2 is 1.59 bits per heavy atom. The molecule has 0 bridgehead atoms. The molecule has 17 nitrogen and oxygen atoms in total. The summed E-state index contributed by atoms with van der Waals surface area (Å²) in [5, 5.41) is 30.0. The van der Waals surface area contributed by atoms with Crippen LogP contribution in [0.3, 0.4) is 0 Å². The predicted molar refractivity (Wildman–Crippen MR) is 271 cm³/mol. The van der Waals surface area contributed by atoms with E-state index in [1.165, 1.54) is 4.90 Å². The van der Waals surface area contributed by atoms with Crippen LogP contribution in [-0.4, -0.2) is 122 Å². The molecule has 18 heteroatoms. The summed E-state index contributed by atoms with van der Waals surface area (Å²) < 4.78 is 0. The second-order valence-corrected chi connectivity index (χ2v) is 21.3. The van der Waals surface area contributed by atoms with E-state index in [2.05, 4.69) is 36.4 Å². The number of aryl methyl sites for hydroxylation is 1. The molecule has 0 saturated carbocycles. The Morgan fingerprint density at radius 3 is 2.23 bits per heavy atom. The molecule has 376 valence electrons. The molecule has 7 rings (SSSR count). The van der Waals surface area contributed by atoms with Gasteiger partial charge in [0.25, 0.3) is 5.91 Å². The monoisotopic (exact) mass is 986 g/mol. The van der Waals surface area contributed by atoms with Gasteiger partial charge in [-0.1, -0.05) is 87.5 Å². The van der Waals surface area contributed by atoms with E-state index in [9.17, 15) is 33.9 Å². The van der Waals surface area contributed by atoms with Gasteiger partial charge in [-0.15, -0.1) is 11.3 Å². The van der Waals surface area contributed by atoms with Gasteiger partial charge in [0.2, 0.25) is 17.7 Å². The Kier molecular flexibility index (Phi) is 15.9. The van der Waals surface area contributed by atoms with Crippen LogP contribution in [0.2, 0.25) is 0 Å². The molecule has 2 aliphatic rings. The number of likely N-dealkylation sites (N-methyl/N-ethyl adjacent to an activating group) is 1. The second-order valence-electron chi connectivity index (χ2n) is 20.4. The van der Waals surface area contributed by atoms with Crippen LogP contribution in [0.1, 0.15) is 121 Å². The molecule has 0 spiro atoms. The molecule has 6 N–H and O–H groups in total. The summed E-state index contributed by atoms with van der Waals surface area (Å²) in [5.41, 5.74) is 6.93. The maximum Gasteiger partial charge on any atom is 0.319 e. The number of urea groups is 1. The minimum Gasteiger partial charge on any atom is -0.391 e. The summed E-state index contributed by atoms with van der Waals surface area (Å²) >= 11 is 1.56. The zero-order valence-corrected chi connectivity index (χ0v) is 42.8. The fourth-order valence-corrected chi connectivity index (χ4v) is 10.1. The van der Waals surface area contributed by atoms with Gasteiger partial charge >= 0.3 is 6.03 Å². The topological polar surface area (TPSA) is 222 Å². The molecule has 6 amide bonds. The number of β-amino-alcohol motifs (C(OH)–C–C–N with tert-alkyl or cyclic N) is 1. The molecule has 5 atom stereocenters. The highest BCUT2D eigenvalue weighted by atomic mass is 32.1. The number of likely N-dealkylation sites (tertiary alicyclic amines) is 1. The van der Waals surface area contributed by atoms with Crippen LogP contribution in [0.5, 0.6) is 0 Å². The van der Waals surface area contributed by atoms with Gasteiger partial charge in [-0.2, -0.15) is 5.10 Å². The van der Waals surface area contributed by atoms with E-state index in [0.29, 0.717) is 23.5 Å². The zero-order valence-electron chi connectivity index (χ0n) is 42.0. The molecule has 2 aromatic heterocycles. The third-order valence-electron chi connectivity index (χ3n) is 13.3. The molecule has 5 aromatic rings. The standard InChI is InChI=1S/C53H66N10O7S/c1-31(33-15-19-36(20-16-33)45-32(2)55-30-71-45)56-49(68)42-25-38(64)27-62(42)50(69)47(52(3,4)5)58-44(66)23-24-54-48(67)37-21-17-35(18-22-37)43(65)26-40-39-28-63(53(6,7)46(39)60-59-40)51(70)57-41(29-61(8)9)34-13-11-10-12-14-34/h10-22,30-31,38,41-42,47,64H,23-29H2,1-9H3,(H,54,67)(H,56,68)(H,57,70)(H,58,66)(H,59,60)/t31-,38+,41+,42-,47+/m0/s1. The minimum atomic E-state index is -1.03. The summed E-state index contributed by atoms with van der Waals surface area (Å²) in [4.78, 5) is 92.3. The van der Waals surface area contributed by atoms with Gasteiger partial charge in [-0.25, -0.2) is 9.78 Å². The summed E-state index contributed by atoms with van der Waals surface area (Å²) in [7, 11) is 3.92. The van der Waals surface area contributed by atoms with Crippen LogP contribution >= 0.6 is 11.3 Å². The average molecular weight is 987 g/mol. The fourth-order valence-electron chi connectivity index (χ4n) is 9.26. The lowest BCUT2D eigenvalue weighted by molar-refractivity contribution is -0.144. The number of carbonyl (C=O) groups is 6. The first-order chi connectivity index (χ1) is 33.6. The van der Waals surface area contributed by atoms with Gasteiger partial charge in [0.05, 0.1) is 58.5 Å². The van der Waals surface area contributed by atoms with Crippen molar-refractivity contribution in [1.82, 2.24) is 51.1 Å². The molecular weight excluding hydrogens is 921 g/mol. The van der Waals surface area contributed by atoms with E-state index in [0.717, 1.165) is 32.8 Å². The number of H-pyrrole nitrogens is 1. The van der Waals surface area contributed by atoms with E-state index in [1.54, 1.807) is 66.8 Å². The maximum absolute atomic E-state index is 14.2. The molecule has 0 radical (unpaired) electrons. The lowest BCUT2D eigenvalue weighted by atomic mass is 9.85. The minimum absolute atomic E-state index is 0.00925. The number of ketones is 1. The predicted octanol–water partition coefficient (Wildman–Crippen LogP) is 5.82. The van der Waals surface area contributed by atoms with Crippen molar-refractivity contribution < 1.29 is 33.9 Å². The van der Waals surface area contributed by atoms with Crippen molar-refractivity contribution >= 4 is 46.8 Å². The summed E-state index contributed by atoms with van der Waals surface area (Å²) in [6.07, 6.45) is -0.994. The first-order valence-corrected chi connectivity index (χ1v) is 24.8. The van der Waals surface area contributed by atoms with Crippen molar-refractivity contribution in [2.45, 2.75) is 110 Å². The number of thiazole rings is 1. The summed E-state index contributed by atoms with van der Waals surface area (Å²) in [6, 6.07) is 21.1. The number of fused-ring (bicyclic) bond motifs is 1. The number of amides is 6. The Labute approximate surface area is 419 Å². The summed E-state index contributed by atoms with van der Waals surface area (Å²) in [6.45, 7) is 13.9.